The molecule has 0 heterocycles. The Morgan fingerprint density at radius 3 is 2.32 bits per heavy atom. The van der Waals surface area contributed by atoms with Crippen molar-refractivity contribution in [2.24, 2.45) is 11.8 Å². The van der Waals surface area contributed by atoms with Crippen molar-refractivity contribution in [2.45, 2.75) is 91.0 Å². The largest absolute Gasteiger partial charge is 0.413 e. The fourth-order valence-corrected chi connectivity index (χ4v) is 4.25. The maximum Gasteiger partial charge on any atom is 0.192 e. The fourth-order valence-electron chi connectivity index (χ4n) is 2.88. The monoisotopic (exact) mass is 324 g/mol. The van der Waals surface area contributed by atoms with Crippen LogP contribution in [0.5, 0.6) is 0 Å². The van der Waals surface area contributed by atoms with Crippen LogP contribution in [0, 0.1) is 11.8 Å². The Morgan fingerprint density at radius 1 is 1.18 bits per heavy atom. The molecule has 0 amide bonds. The molecule has 1 unspecified atom stereocenters. The van der Waals surface area contributed by atoms with Gasteiger partial charge in [-0.2, -0.15) is 0 Å². The van der Waals surface area contributed by atoms with Gasteiger partial charge in [-0.15, -0.1) is 0 Å². The van der Waals surface area contributed by atoms with Crippen molar-refractivity contribution in [1.82, 2.24) is 0 Å². The minimum absolute atomic E-state index is 0.0971. The van der Waals surface area contributed by atoms with E-state index in [1.165, 1.54) is 0 Å². The second-order valence-corrected chi connectivity index (χ2v) is 13.4. The first-order valence-corrected chi connectivity index (χ1v) is 11.8. The van der Waals surface area contributed by atoms with Gasteiger partial charge in [0, 0.05) is 12.8 Å². The number of carbonyl (C=O) groups excluding carboxylic acids is 1. The molecule has 0 saturated heterocycles. The standard InChI is InChI=1S/C19H36O2Si/c1-15(2)17-13-11-9-8-10-12-16(20)14-18(17)21-22(6,7)19(3,4)5/h8-9,15,17-18H,10-14H2,1-7H3/b9-8-/t17?,18-/m1/s1. The molecule has 2 nitrogen and oxygen atoms in total. The average molecular weight is 325 g/mol. The molecule has 0 N–H and O–H groups in total. The van der Waals surface area contributed by atoms with Gasteiger partial charge >= 0.3 is 0 Å². The van der Waals surface area contributed by atoms with E-state index < -0.39 is 8.32 Å². The van der Waals surface area contributed by atoms with Crippen LogP contribution >= 0.6 is 0 Å². The van der Waals surface area contributed by atoms with Crippen molar-refractivity contribution >= 4 is 14.1 Å². The van der Waals surface area contributed by atoms with Gasteiger partial charge < -0.3 is 4.43 Å². The highest BCUT2D eigenvalue weighted by Gasteiger charge is 2.41. The van der Waals surface area contributed by atoms with Gasteiger partial charge in [-0.3, -0.25) is 4.79 Å². The molecule has 0 radical (unpaired) electrons. The zero-order valence-electron chi connectivity index (χ0n) is 15.7. The highest BCUT2D eigenvalue weighted by molar-refractivity contribution is 6.74. The summed E-state index contributed by atoms with van der Waals surface area (Å²) < 4.78 is 6.71. The third kappa shape index (κ3) is 5.66. The van der Waals surface area contributed by atoms with Gasteiger partial charge in [-0.05, 0) is 49.2 Å². The Kier molecular flexibility index (Phi) is 7.06. The summed E-state index contributed by atoms with van der Waals surface area (Å²) in [4.78, 5) is 12.3. The van der Waals surface area contributed by atoms with Crippen LogP contribution in [0.2, 0.25) is 18.1 Å². The minimum atomic E-state index is -1.85. The molecule has 128 valence electrons. The van der Waals surface area contributed by atoms with E-state index in [4.69, 9.17) is 4.43 Å². The van der Waals surface area contributed by atoms with Crippen LogP contribution in [0.15, 0.2) is 12.2 Å². The van der Waals surface area contributed by atoms with Crippen molar-refractivity contribution in [3.63, 3.8) is 0 Å². The lowest BCUT2D eigenvalue weighted by atomic mass is 9.83. The van der Waals surface area contributed by atoms with Crippen molar-refractivity contribution < 1.29 is 9.22 Å². The summed E-state index contributed by atoms with van der Waals surface area (Å²) in [7, 11) is -1.85. The van der Waals surface area contributed by atoms with Gasteiger partial charge in [0.2, 0.25) is 0 Å². The predicted molar refractivity (Wildman–Crippen MR) is 97.6 cm³/mol. The van der Waals surface area contributed by atoms with Gasteiger partial charge in [0.15, 0.2) is 8.32 Å². The van der Waals surface area contributed by atoms with Gasteiger partial charge in [-0.25, -0.2) is 0 Å². The van der Waals surface area contributed by atoms with Crippen LogP contribution < -0.4 is 0 Å². The molecule has 0 bridgehead atoms. The summed E-state index contributed by atoms with van der Waals surface area (Å²) in [5.41, 5.74) is 0. The lowest BCUT2D eigenvalue weighted by Crippen LogP contribution is -2.47. The van der Waals surface area contributed by atoms with Crippen LogP contribution in [0.25, 0.3) is 0 Å². The number of carbonyl (C=O) groups is 1. The lowest BCUT2D eigenvalue weighted by Gasteiger charge is -2.42. The molecule has 0 aliphatic heterocycles. The number of hydrogen-bond acceptors (Lipinski definition) is 2. The van der Waals surface area contributed by atoms with Crippen LogP contribution in [0.4, 0.5) is 0 Å². The van der Waals surface area contributed by atoms with Crippen molar-refractivity contribution in [1.29, 1.82) is 0 Å². The third-order valence-electron chi connectivity index (χ3n) is 5.44. The van der Waals surface area contributed by atoms with Crippen LogP contribution in [-0.2, 0) is 9.22 Å². The second kappa shape index (κ2) is 7.92. The van der Waals surface area contributed by atoms with E-state index in [2.05, 4.69) is 59.9 Å². The zero-order chi connectivity index (χ0) is 17.0. The molecule has 0 aromatic heterocycles. The number of Topliss-reactive ketones (excluding diaryl/α,β-unsaturated/α-hetero) is 1. The Morgan fingerprint density at radius 2 is 1.77 bits per heavy atom. The molecular formula is C19H36O2Si. The molecule has 1 aliphatic rings. The molecule has 0 saturated carbocycles. The second-order valence-electron chi connectivity index (χ2n) is 8.65. The number of ketones is 1. The normalized spacial score (nSPS) is 27.0. The Hall–Kier alpha value is -0.413. The van der Waals surface area contributed by atoms with E-state index in [-0.39, 0.29) is 11.1 Å². The van der Waals surface area contributed by atoms with Gasteiger partial charge in [0.25, 0.3) is 0 Å². The van der Waals surface area contributed by atoms with E-state index in [0.29, 0.717) is 30.5 Å². The van der Waals surface area contributed by atoms with E-state index in [0.717, 1.165) is 19.3 Å². The van der Waals surface area contributed by atoms with Gasteiger partial charge in [0.1, 0.15) is 5.78 Å². The summed E-state index contributed by atoms with van der Waals surface area (Å²) in [6, 6.07) is 0. The molecular weight excluding hydrogens is 288 g/mol. The number of allylic oxidation sites excluding steroid dienone is 2. The minimum Gasteiger partial charge on any atom is -0.413 e. The quantitative estimate of drug-likeness (QED) is 0.489. The van der Waals surface area contributed by atoms with Crippen molar-refractivity contribution in [2.75, 3.05) is 0 Å². The molecule has 0 aromatic carbocycles. The molecule has 1 aliphatic carbocycles. The van der Waals surface area contributed by atoms with E-state index in [9.17, 15) is 4.79 Å². The summed E-state index contributed by atoms with van der Waals surface area (Å²) >= 11 is 0. The first kappa shape index (κ1) is 19.6. The molecule has 0 fully saturated rings. The van der Waals surface area contributed by atoms with Gasteiger partial charge in [-0.1, -0.05) is 46.8 Å². The Balaban J connectivity index is 2.99. The third-order valence-corrected chi connectivity index (χ3v) is 9.94. The average Bonchev–Trinajstić information content (AvgIpc) is 2.34. The van der Waals surface area contributed by atoms with Crippen molar-refractivity contribution in [3.8, 4) is 0 Å². The lowest BCUT2D eigenvalue weighted by molar-refractivity contribution is -0.121. The van der Waals surface area contributed by atoms with Crippen LogP contribution in [0.3, 0.4) is 0 Å². The zero-order valence-corrected chi connectivity index (χ0v) is 16.7. The summed E-state index contributed by atoms with van der Waals surface area (Å²) in [6.07, 6.45) is 8.90. The fraction of sp³-hybridized carbons (Fsp3) is 0.842. The molecule has 2 atom stereocenters. The van der Waals surface area contributed by atoms with E-state index >= 15 is 0 Å². The first-order valence-electron chi connectivity index (χ1n) is 8.89. The summed E-state index contributed by atoms with van der Waals surface area (Å²) in [6.45, 7) is 16.0. The Labute approximate surface area is 138 Å². The van der Waals surface area contributed by atoms with E-state index in [1.54, 1.807) is 0 Å². The maximum absolute atomic E-state index is 12.3. The van der Waals surface area contributed by atoms with Crippen molar-refractivity contribution in [3.05, 3.63) is 12.2 Å². The molecule has 3 heteroatoms. The predicted octanol–water partition coefficient (Wildman–Crippen LogP) is 5.74. The van der Waals surface area contributed by atoms with E-state index in [1.807, 2.05) is 0 Å². The molecule has 0 aromatic rings. The number of rotatable bonds is 3. The SMILES string of the molecule is CC(C)C1CC/C=C\CCC(=O)C[C@H]1O[Si](C)(C)C(C)(C)C. The van der Waals surface area contributed by atoms with Crippen LogP contribution in [-0.4, -0.2) is 20.2 Å². The molecule has 22 heavy (non-hydrogen) atoms. The first-order chi connectivity index (χ1) is 10.0. The van der Waals surface area contributed by atoms with Crippen LogP contribution in [0.1, 0.15) is 66.7 Å². The van der Waals surface area contributed by atoms with Gasteiger partial charge in [0.05, 0.1) is 6.10 Å². The summed E-state index contributed by atoms with van der Waals surface area (Å²) in [5.74, 6) is 1.39. The Bertz CT molecular complexity index is 391. The smallest absolute Gasteiger partial charge is 0.192 e. The maximum atomic E-state index is 12.3. The highest BCUT2D eigenvalue weighted by atomic mass is 28.4. The highest BCUT2D eigenvalue weighted by Crippen LogP contribution is 2.40. The summed E-state index contributed by atoms with van der Waals surface area (Å²) in [5, 5.41) is 0.187. The molecule has 1 rings (SSSR count). The topological polar surface area (TPSA) is 26.3 Å². The number of hydrogen-bond donors (Lipinski definition) is 0. The molecule has 0 spiro atoms.